The molecule has 2 saturated carbocycles. The maximum Gasteiger partial charge on any atom is 0.270 e. The lowest BCUT2D eigenvalue weighted by Gasteiger charge is -2.41. The highest BCUT2D eigenvalue weighted by Gasteiger charge is 2.42. The maximum absolute atomic E-state index is 12.4. The summed E-state index contributed by atoms with van der Waals surface area (Å²) in [4.78, 5) is 32.8. The second-order valence-corrected chi connectivity index (χ2v) is 7.56. The molecule has 1 N–H and O–H groups in total. The second kappa shape index (κ2) is 7.12. The van der Waals surface area contributed by atoms with Gasteiger partial charge in [-0.1, -0.05) is 12.5 Å². The number of fused-ring (bicyclic) bond motifs is 2. The van der Waals surface area contributed by atoms with Gasteiger partial charge in [0.25, 0.3) is 5.91 Å². The van der Waals surface area contributed by atoms with Crippen molar-refractivity contribution < 1.29 is 9.59 Å². The zero-order chi connectivity index (χ0) is 17.2. The monoisotopic (exact) mass is 342 g/mol. The molecule has 1 saturated heterocycles. The summed E-state index contributed by atoms with van der Waals surface area (Å²) in [7, 11) is 0. The fraction of sp³-hybridized carbons (Fsp3) is 0.632. The molecule has 3 atom stereocenters. The molecule has 0 radical (unpaired) electrons. The van der Waals surface area contributed by atoms with Crippen molar-refractivity contribution in [1.82, 2.24) is 20.1 Å². The van der Waals surface area contributed by atoms with Crippen molar-refractivity contribution in [3.63, 3.8) is 0 Å². The summed E-state index contributed by atoms with van der Waals surface area (Å²) in [6.45, 7) is 3.52. The SMILES string of the molecule is O=C(NCC(=O)N1CCN([C@H]2C[C@H]3CC[C@H]2C3)CC1)c1ccccn1. The van der Waals surface area contributed by atoms with E-state index in [9.17, 15) is 9.59 Å². The van der Waals surface area contributed by atoms with Crippen LogP contribution < -0.4 is 5.32 Å². The van der Waals surface area contributed by atoms with Gasteiger partial charge in [0, 0.05) is 38.4 Å². The molecule has 1 aromatic rings. The fourth-order valence-corrected chi connectivity index (χ4v) is 4.82. The number of aromatic nitrogens is 1. The molecule has 2 bridgehead atoms. The highest BCUT2D eigenvalue weighted by atomic mass is 16.2. The van der Waals surface area contributed by atoms with Crippen LogP contribution in [0.1, 0.15) is 36.2 Å². The Morgan fingerprint density at radius 3 is 2.60 bits per heavy atom. The van der Waals surface area contributed by atoms with Crippen LogP contribution >= 0.6 is 0 Å². The van der Waals surface area contributed by atoms with Gasteiger partial charge in [0.05, 0.1) is 6.54 Å². The first kappa shape index (κ1) is 16.5. The van der Waals surface area contributed by atoms with Gasteiger partial charge >= 0.3 is 0 Å². The smallest absolute Gasteiger partial charge is 0.270 e. The first-order valence-electron chi connectivity index (χ1n) is 9.42. The van der Waals surface area contributed by atoms with E-state index in [4.69, 9.17) is 0 Å². The standard InChI is InChI=1S/C19H26N4O2/c24-18(13-21-19(25)16-3-1-2-6-20-16)23-9-7-22(8-10-23)17-12-14-4-5-15(17)11-14/h1-3,6,14-15,17H,4-5,7-13H2,(H,21,25)/t14-,15-,17-/m0/s1. The van der Waals surface area contributed by atoms with Gasteiger partial charge in [-0.25, -0.2) is 0 Å². The zero-order valence-corrected chi connectivity index (χ0v) is 14.6. The predicted molar refractivity (Wildman–Crippen MR) is 94.0 cm³/mol. The number of nitrogens with zero attached hydrogens (tertiary/aromatic N) is 3. The fourth-order valence-electron chi connectivity index (χ4n) is 4.82. The van der Waals surface area contributed by atoms with Gasteiger partial charge in [-0.15, -0.1) is 0 Å². The van der Waals surface area contributed by atoms with Crippen molar-refractivity contribution in [3.05, 3.63) is 30.1 Å². The lowest BCUT2D eigenvalue weighted by Crippen LogP contribution is -2.54. The Labute approximate surface area is 148 Å². The number of carbonyl (C=O) groups excluding carboxylic acids is 2. The third kappa shape index (κ3) is 3.54. The van der Waals surface area contributed by atoms with Gasteiger partial charge in [-0.2, -0.15) is 0 Å². The van der Waals surface area contributed by atoms with E-state index >= 15 is 0 Å². The lowest BCUT2D eigenvalue weighted by molar-refractivity contribution is -0.132. The molecule has 2 amide bonds. The van der Waals surface area contributed by atoms with E-state index in [1.165, 1.54) is 25.7 Å². The van der Waals surface area contributed by atoms with Crippen molar-refractivity contribution in [1.29, 1.82) is 0 Å². The van der Waals surface area contributed by atoms with Crippen molar-refractivity contribution in [2.24, 2.45) is 11.8 Å². The van der Waals surface area contributed by atoms with Crippen LogP contribution in [0.3, 0.4) is 0 Å². The first-order valence-corrected chi connectivity index (χ1v) is 9.42. The van der Waals surface area contributed by atoms with E-state index in [2.05, 4.69) is 15.2 Å². The Kier molecular flexibility index (Phi) is 4.70. The molecular weight excluding hydrogens is 316 g/mol. The average Bonchev–Trinajstić information content (AvgIpc) is 3.30. The van der Waals surface area contributed by atoms with Gasteiger partial charge in [-0.05, 0) is 43.2 Å². The summed E-state index contributed by atoms with van der Waals surface area (Å²) >= 11 is 0. The largest absolute Gasteiger partial charge is 0.342 e. The van der Waals surface area contributed by atoms with Gasteiger partial charge in [0.15, 0.2) is 0 Å². The Morgan fingerprint density at radius 1 is 1.12 bits per heavy atom. The van der Waals surface area contributed by atoms with E-state index in [-0.39, 0.29) is 18.4 Å². The van der Waals surface area contributed by atoms with Crippen molar-refractivity contribution in [3.8, 4) is 0 Å². The number of hydrogen-bond acceptors (Lipinski definition) is 4. The molecule has 6 heteroatoms. The van der Waals surface area contributed by atoms with Crippen molar-refractivity contribution in [2.45, 2.75) is 31.7 Å². The molecule has 25 heavy (non-hydrogen) atoms. The second-order valence-electron chi connectivity index (χ2n) is 7.56. The van der Waals surface area contributed by atoms with E-state index in [1.54, 1.807) is 24.4 Å². The van der Waals surface area contributed by atoms with E-state index in [0.29, 0.717) is 5.69 Å². The van der Waals surface area contributed by atoms with Gasteiger partial charge < -0.3 is 10.2 Å². The van der Waals surface area contributed by atoms with Crippen LogP contribution in [0.2, 0.25) is 0 Å². The normalized spacial score (nSPS) is 29.0. The maximum atomic E-state index is 12.4. The van der Waals surface area contributed by atoms with Crippen LogP contribution in [0.5, 0.6) is 0 Å². The molecule has 1 aliphatic heterocycles. The summed E-state index contributed by atoms with van der Waals surface area (Å²) < 4.78 is 0. The minimum Gasteiger partial charge on any atom is -0.342 e. The van der Waals surface area contributed by atoms with Gasteiger partial charge in [0.1, 0.15) is 5.69 Å². The van der Waals surface area contributed by atoms with Gasteiger partial charge in [0.2, 0.25) is 5.91 Å². The van der Waals surface area contributed by atoms with Gasteiger partial charge in [-0.3, -0.25) is 19.5 Å². The minimum atomic E-state index is -0.297. The van der Waals surface area contributed by atoms with E-state index in [0.717, 1.165) is 44.1 Å². The van der Waals surface area contributed by atoms with Crippen LogP contribution in [-0.4, -0.2) is 65.4 Å². The quantitative estimate of drug-likeness (QED) is 0.891. The molecule has 1 aromatic heterocycles. The van der Waals surface area contributed by atoms with Crippen LogP contribution in [0.4, 0.5) is 0 Å². The average molecular weight is 342 g/mol. The van der Waals surface area contributed by atoms with Crippen molar-refractivity contribution >= 4 is 11.8 Å². The highest BCUT2D eigenvalue weighted by Crippen LogP contribution is 2.46. The highest BCUT2D eigenvalue weighted by molar-refractivity contribution is 5.94. The zero-order valence-electron chi connectivity index (χ0n) is 14.6. The summed E-state index contributed by atoms with van der Waals surface area (Å²) in [6.07, 6.45) is 7.18. The molecule has 0 unspecified atom stereocenters. The number of pyridine rings is 1. The molecule has 2 aliphatic carbocycles. The lowest BCUT2D eigenvalue weighted by atomic mass is 9.93. The Bertz CT molecular complexity index is 628. The Morgan fingerprint density at radius 2 is 1.96 bits per heavy atom. The molecule has 6 nitrogen and oxygen atoms in total. The van der Waals surface area contributed by atoms with Crippen LogP contribution in [0.15, 0.2) is 24.4 Å². The molecule has 3 aliphatic rings. The number of nitrogens with one attached hydrogen (secondary N) is 1. The third-order valence-electron chi connectivity index (χ3n) is 6.13. The molecular formula is C19H26N4O2. The number of hydrogen-bond donors (Lipinski definition) is 1. The molecule has 2 heterocycles. The molecule has 4 rings (SSSR count). The number of amides is 2. The number of rotatable bonds is 4. The Hall–Kier alpha value is -1.95. The van der Waals surface area contributed by atoms with Crippen LogP contribution in [0, 0.1) is 11.8 Å². The summed E-state index contributed by atoms with van der Waals surface area (Å²) in [5.41, 5.74) is 0.344. The number of piperazine rings is 1. The predicted octanol–water partition coefficient (Wildman–Crippen LogP) is 1.14. The third-order valence-corrected chi connectivity index (χ3v) is 6.13. The van der Waals surface area contributed by atoms with Crippen LogP contribution in [0.25, 0.3) is 0 Å². The van der Waals surface area contributed by atoms with Crippen molar-refractivity contribution in [2.75, 3.05) is 32.7 Å². The summed E-state index contributed by atoms with van der Waals surface area (Å²) in [5.74, 6) is 1.55. The minimum absolute atomic E-state index is 0.00289. The van der Waals surface area contributed by atoms with E-state index < -0.39 is 0 Å². The Balaban J connectivity index is 1.22. The molecule has 3 fully saturated rings. The number of carbonyl (C=O) groups is 2. The molecule has 134 valence electrons. The molecule has 0 aromatic carbocycles. The first-order chi connectivity index (χ1) is 12.2. The topological polar surface area (TPSA) is 65.5 Å². The molecule has 0 spiro atoms. The summed E-state index contributed by atoms with van der Waals surface area (Å²) in [6, 6.07) is 5.92. The summed E-state index contributed by atoms with van der Waals surface area (Å²) in [5, 5.41) is 2.68. The van der Waals surface area contributed by atoms with Crippen LogP contribution in [-0.2, 0) is 4.79 Å². The van der Waals surface area contributed by atoms with E-state index in [1.807, 2.05) is 4.90 Å².